The van der Waals surface area contributed by atoms with E-state index >= 15 is 0 Å². The van der Waals surface area contributed by atoms with E-state index in [-0.39, 0.29) is 17.7 Å². The number of hydrogen-bond donors (Lipinski definition) is 0. The number of piperidine rings is 1. The number of benzene rings is 2. The number of rotatable bonds is 6. The molecule has 1 unspecified atom stereocenters. The van der Waals surface area contributed by atoms with Gasteiger partial charge in [0, 0.05) is 11.5 Å². The van der Waals surface area contributed by atoms with Crippen LogP contribution in [0.25, 0.3) is 11.0 Å². The Labute approximate surface area is 174 Å². The average Bonchev–Trinajstić information content (AvgIpc) is 3.18. The molecule has 0 amide bonds. The number of imidazole rings is 1. The third kappa shape index (κ3) is 3.81. The quantitative estimate of drug-likeness (QED) is 0.528. The topological polar surface area (TPSA) is 47.4 Å². The van der Waals surface area contributed by atoms with Gasteiger partial charge in [0.25, 0.3) is 0 Å². The first kappa shape index (κ1) is 20.5. The molecule has 2 aromatic carbocycles. The number of fused-ring (bicyclic) bond motifs is 1. The Kier molecular flexibility index (Phi) is 5.81. The highest BCUT2D eigenvalue weighted by Gasteiger charge is 2.31. The number of carbonyl (C=O) groups is 1. The van der Waals surface area contributed by atoms with Crippen LogP contribution >= 0.6 is 0 Å². The van der Waals surface area contributed by atoms with Crippen molar-refractivity contribution < 1.29 is 18.3 Å². The molecular formula is C23H25F2N3O2. The van der Waals surface area contributed by atoms with Gasteiger partial charge in [0.2, 0.25) is 0 Å². The number of Topliss-reactive ketones (excluding diaryl/α,β-unsaturated/α-hetero) is 1. The second kappa shape index (κ2) is 8.52. The molecule has 1 atom stereocenters. The number of ketones is 1. The van der Waals surface area contributed by atoms with E-state index < -0.39 is 6.55 Å². The summed E-state index contributed by atoms with van der Waals surface area (Å²) in [4.78, 5) is 19.5. The highest BCUT2D eigenvalue weighted by molar-refractivity contribution is 5.98. The SMILES string of the molecule is COc1ccc(C(=O)C2CCN(C(C)c3nc4ccccc4n3C(F)F)CC2)cc1. The van der Waals surface area contributed by atoms with Crippen LogP contribution in [-0.2, 0) is 0 Å². The normalized spacial score (nSPS) is 16.8. The predicted octanol–water partition coefficient (Wildman–Crippen LogP) is 5.10. The molecule has 4 rings (SSSR count). The van der Waals surface area contributed by atoms with Gasteiger partial charge < -0.3 is 4.74 Å². The fourth-order valence-electron chi connectivity index (χ4n) is 4.27. The van der Waals surface area contributed by atoms with Gasteiger partial charge in [-0.2, -0.15) is 8.78 Å². The lowest BCUT2D eigenvalue weighted by molar-refractivity contribution is 0.0595. The van der Waals surface area contributed by atoms with E-state index in [1.165, 1.54) is 0 Å². The molecule has 7 heteroatoms. The first-order valence-corrected chi connectivity index (χ1v) is 10.2. The number of ether oxygens (including phenoxy) is 1. The first-order chi connectivity index (χ1) is 14.5. The maximum Gasteiger partial charge on any atom is 0.320 e. The van der Waals surface area contributed by atoms with Crippen LogP contribution in [0.4, 0.5) is 8.78 Å². The summed E-state index contributed by atoms with van der Waals surface area (Å²) < 4.78 is 33.7. The Morgan fingerprint density at radius 1 is 1.10 bits per heavy atom. The minimum Gasteiger partial charge on any atom is -0.497 e. The lowest BCUT2D eigenvalue weighted by atomic mass is 9.88. The molecule has 0 spiro atoms. The van der Waals surface area contributed by atoms with E-state index in [1.54, 1.807) is 55.6 Å². The Hall–Kier alpha value is -2.80. The minimum atomic E-state index is -2.65. The Morgan fingerprint density at radius 3 is 2.40 bits per heavy atom. The second-order valence-corrected chi connectivity index (χ2v) is 7.69. The molecule has 2 heterocycles. The van der Waals surface area contributed by atoms with Crippen molar-refractivity contribution in [2.24, 2.45) is 5.92 Å². The summed E-state index contributed by atoms with van der Waals surface area (Å²) in [6, 6.07) is 13.9. The molecule has 1 saturated heterocycles. The number of alkyl halides is 2. The van der Waals surface area contributed by atoms with Crippen LogP contribution in [0.3, 0.4) is 0 Å². The van der Waals surface area contributed by atoms with Crippen molar-refractivity contribution in [3.8, 4) is 5.75 Å². The number of hydrogen-bond acceptors (Lipinski definition) is 4. The van der Waals surface area contributed by atoms with Crippen LogP contribution in [0, 0.1) is 5.92 Å². The first-order valence-electron chi connectivity index (χ1n) is 10.2. The smallest absolute Gasteiger partial charge is 0.320 e. The van der Waals surface area contributed by atoms with Gasteiger partial charge in [-0.25, -0.2) is 4.98 Å². The highest BCUT2D eigenvalue weighted by Crippen LogP contribution is 2.32. The summed E-state index contributed by atoms with van der Waals surface area (Å²) in [7, 11) is 1.59. The maximum atomic E-state index is 13.8. The van der Waals surface area contributed by atoms with Crippen molar-refractivity contribution >= 4 is 16.8 Å². The lowest BCUT2D eigenvalue weighted by Gasteiger charge is -2.35. The summed E-state index contributed by atoms with van der Waals surface area (Å²) in [5.41, 5.74) is 1.70. The number of nitrogens with zero attached hydrogens (tertiary/aromatic N) is 3. The molecule has 3 aromatic rings. The molecule has 1 aromatic heterocycles. The highest BCUT2D eigenvalue weighted by atomic mass is 19.3. The van der Waals surface area contributed by atoms with Gasteiger partial charge in [-0.3, -0.25) is 14.3 Å². The zero-order chi connectivity index (χ0) is 21.3. The van der Waals surface area contributed by atoms with Crippen molar-refractivity contribution in [1.29, 1.82) is 0 Å². The van der Waals surface area contributed by atoms with E-state index in [2.05, 4.69) is 9.88 Å². The molecule has 30 heavy (non-hydrogen) atoms. The van der Waals surface area contributed by atoms with E-state index in [9.17, 15) is 13.6 Å². The summed E-state index contributed by atoms with van der Waals surface area (Å²) in [6.07, 6.45) is 1.40. The van der Waals surface area contributed by atoms with Gasteiger partial charge in [-0.1, -0.05) is 12.1 Å². The molecule has 0 aliphatic carbocycles. The molecule has 1 aliphatic rings. The second-order valence-electron chi connectivity index (χ2n) is 7.69. The molecule has 0 bridgehead atoms. The van der Waals surface area contributed by atoms with Crippen molar-refractivity contribution in [2.45, 2.75) is 32.4 Å². The van der Waals surface area contributed by atoms with Gasteiger partial charge in [0.1, 0.15) is 11.6 Å². The number of aromatic nitrogens is 2. The van der Waals surface area contributed by atoms with Crippen LogP contribution in [0.15, 0.2) is 48.5 Å². The third-order valence-corrected chi connectivity index (χ3v) is 6.01. The van der Waals surface area contributed by atoms with E-state index in [0.717, 1.165) is 10.3 Å². The molecule has 5 nitrogen and oxygen atoms in total. The van der Waals surface area contributed by atoms with Crippen molar-refractivity contribution in [1.82, 2.24) is 14.5 Å². The van der Waals surface area contributed by atoms with Crippen LogP contribution in [0.1, 0.15) is 48.5 Å². The van der Waals surface area contributed by atoms with Crippen molar-refractivity contribution in [2.75, 3.05) is 20.2 Å². The average molecular weight is 413 g/mol. The fourth-order valence-corrected chi connectivity index (χ4v) is 4.27. The van der Waals surface area contributed by atoms with Crippen molar-refractivity contribution in [3.05, 3.63) is 59.9 Å². The van der Waals surface area contributed by atoms with Gasteiger partial charge >= 0.3 is 6.55 Å². The van der Waals surface area contributed by atoms with Crippen LogP contribution in [0.2, 0.25) is 0 Å². The molecule has 0 saturated carbocycles. The number of carbonyl (C=O) groups excluding carboxylic acids is 1. The predicted molar refractivity (Wildman–Crippen MR) is 111 cm³/mol. The largest absolute Gasteiger partial charge is 0.497 e. The Balaban J connectivity index is 1.47. The molecule has 1 fully saturated rings. The zero-order valence-corrected chi connectivity index (χ0v) is 17.1. The minimum absolute atomic E-state index is 0.0595. The molecule has 0 N–H and O–H groups in total. The Morgan fingerprint density at radius 2 is 1.77 bits per heavy atom. The fraction of sp³-hybridized carbons (Fsp3) is 0.391. The maximum absolute atomic E-state index is 13.8. The van der Waals surface area contributed by atoms with Crippen molar-refractivity contribution in [3.63, 3.8) is 0 Å². The summed E-state index contributed by atoms with van der Waals surface area (Å²) in [6.45, 7) is 0.593. The van der Waals surface area contributed by atoms with E-state index in [1.807, 2.05) is 6.92 Å². The van der Waals surface area contributed by atoms with Gasteiger partial charge in [0.15, 0.2) is 5.78 Å². The summed E-state index contributed by atoms with van der Waals surface area (Å²) in [5.74, 6) is 1.16. The lowest BCUT2D eigenvalue weighted by Crippen LogP contribution is -2.38. The monoisotopic (exact) mass is 413 g/mol. The number of likely N-dealkylation sites (tertiary alicyclic amines) is 1. The summed E-state index contributed by atoms with van der Waals surface area (Å²) >= 11 is 0. The Bertz CT molecular complexity index is 1020. The van der Waals surface area contributed by atoms with E-state index in [4.69, 9.17) is 4.74 Å². The number of methoxy groups -OCH3 is 1. The van der Waals surface area contributed by atoms with Gasteiger partial charge in [-0.05, 0) is 69.3 Å². The number of para-hydroxylation sites is 2. The van der Waals surface area contributed by atoms with Crippen LogP contribution in [-0.4, -0.2) is 40.4 Å². The van der Waals surface area contributed by atoms with Gasteiger partial charge in [0.05, 0.1) is 24.2 Å². The molecule has 0 radical (unpaired) electrons. The number of halogens is 2. The third-order valence-electron chi connectivity index (χ3n) is 6.01. The molecule has 1 aliphatic heterocycles. The zero-order valence-electron chi connectivity index (χ0n) is 17.1. The van der Waals surface area contributed by atoms with Gasteiger partial charge in [-0.15, -0.1) is 0 Å². The van der Waals surface area contributed by atoms with E-state index in [0.29, 0.717) is 48.4 Å². The molecule has 158 valence electrons. The van der Waals surface area contributed by atoms with Crippen LogP contribution in [0.5, 0.6) is 5.75 Å². The van der Waals surface area contributed by atoms with Crippen LogP contribution < -0.4 is 4.74 Å². The summed E-state index contributed by atoms with van der Waals surface area (Å²) in [5, 5.41) is 0. The molecular weight excluding hydrogens is 388 g/mol. The standard InChI is InChI=1S/C23H25F2N3O2/c1-15(22-26-19-5-3-4-6-20(19)28(22)23(24)25)27-13-11-17(12-14-27)21(29)16-7-9-18(30-2)10-8-16/h3-10,15,17,23H,11-14H2,1-2H3.